The maximum Gasteiger partial charge on any atom is 0.264 e. The van der Waals surface area contributed by atoms with E-state index in [4.69, 9.17) is 4.98 Å². The van der Waals surface area contributed by atoms with E-state index in [0.717, 1.165) is 58.6 Å². The number of aromatic nitrogens is 2. The Morgan fingerprint density at radius 1 is 1.16 bits per heavy atom. The molecule has 5 rings (SSSR count). The third-order valence-electron chi connectivity index (χ3n) is 5.23. The van der Waals surface area contributed by atoms with Crippen molar-refractivity contribution in [2.45, 2.75) is 17.6 Å². The van der Waals surface area contributed by atoms with Gasteiger partial charge in [0.1, 0.15) is 0 Å². The van der Waals surface area contributed by atoms with Crippen LogP contribution in [-0.2, 0) is 10.5 Å². The van der Waals surface area contributed by atoms with Gasteiger partial charge in [-0.2, -0.15) is 0 Å². The normalized spacial score (nSPS) is 15.0. The van der Waals surface area contributed by atoms with Crippen molar-refractivity contribution >= 4 is 52.2 Å². The van der Waals surface area contributed by atoms with Crippen LogP contribution in [0.2, 0.25) is 0 Å². The number of fused-ring (bicyclic) bond motifs is 3. The van der Waals surface area contributed by atoms with Gasteiger partial charge in [-0.3, -0.25) is 9.59 Å². The molecule has 2 aromatic heterocycles. The van der Waals surface area contributed by atoms with Gasteiger partial charge in [0, 0.05) is 66.9 Å². The number of nitrogens with zero attached hydrogens (tertiary/aromatic N) is 3. The van der Waals surface area contributed by atoms with E-state index in [9.17, 15) is 9.59 Å². The van der Waals surface area contributed by atoms with Gasteiger partial charge in [0.15, 0.2) is 0 Å². The second-order valence-electron chi connectivity index (χ2n) is 7.57. The summed E-state index contributed by atoms with van der Waals surface area (Å²) in [4.78, 5) is 38.4. The molecule has 0 aliphatic carbocycles. The smallest absolute Gasteiger partial charge is 0.264 e. The minimum Gasteiger partial charge on any atom is -0.335 e. The maximum absolute atomic E-state index is 13.0. The molecule has 0 saturated carbocycles. The van der Waals surface area contributed by atoms with Gasteiger partial charge in [-0.15, -0.1) is 23.1 Å². The van der Waals surface area contributed by atoms with E-state index < -0.39 is 0 Å². The molecule has 0 atom stereocenters. The summed E-state index contributed by atoms with van der Waals surface area (Å²) in [7, 11) is 0. The Morgan fingerprint density at radius 3 is 2.78 bits per heavy atom. The van der Waals surface area contributed by atoms with Crippen LogP contribution >= 0.6 is 23.1 Å². The summed E-state index contributed by atoms with van der Waals surface area (Å²) in [6, 6.07) is 9.39. The van der Waals surface area contributed by atoms with Gasteiger partial charge >= 0.3 is 0 Å². The molecule has 1 fully saturated rings. The van der Waals surface area contributed by atoms with Crippen LogP contribution in [-0.4, -0.2) is 52.9 Å². The van der Waals surface area contributed by atoms with Crippen molar-refractivity contribution in [3.8, 4) is 11.3 Å². The average molecular weight is 467 g/mol. The lowest BCUT2D eigenvalue weighted by atomic mass is 10.1. The fourth-order valence-electron chi connectivity index (χ4n) is 3.75. The van der Waals surface area contributed by atoms with Gasteiger partial charge < -0.3 is 20.9 Å². The Hall–Kier alpha value is -2.95. The first-order chi connectivity index (χ1) is 15.6. The minimum absolute atomic E-state index is 0.0969. The molecule has 164 valence electrons. The highest BCUT2D eigenvalue weighted by Crippen LogP contribution is 2.44. The molecule has 32 heavy (non-hydrogen) atoms. The molecule has 3 aromatic rings. The Balaban J connectivity index is 1.41. The number of hydrogen-bond acceptors (Lipinski definition) is 8. The van der Waals surface area contributed by atoms with Crippen LogP contribution in [0.25, 0.3) is 11.3 Å². The van der Waals surface area contributed by atoms with Gasteiger partial charge in [0.2, 0.25) is 11.9 Å². The number of carbonyl (C=O) groups excluding carboxylic acids is 2. The van der Waals surface area contributed by atoms with Gasteiger partial charge in [0.25, 0.3) is 5.91 Å². The first-order valence-corrected chi connectivity index (χ1v) is 12.1. The van der Waals surface area contributed by atoms with E-state index >= 15 is 0 Å². The molecule has 10 heteroatoms. The molecule has 4 heterocycles. The Bertz CT molecular complexity index is 1190. The lowest BCUT2D eigenvalue weighted by Crippen LogP contribution is -2.46. The fraction of sp³-hybridized carbons (Fsp3) is 0.273. The van der Waals surface area contributed by atoms with E-state index in [1.165, 1.54) is 11.8 Å². The van der Waals surface area contributed by atoms with Crippen molar-refractivity contribution < 1.29 is 9.59 Å². The van der Waals surface area contributed by atoms with E-state index in [2.05, 4.69) is 20.9 Å². The monoisotopic (exact) mass is 466 g/mol. The van der Waals surface area contributed by atoms with Crippen molar-refractivity contribution in [2.75, 3.05) is 36.8 Å². The molecule has 0 unspecified atom stereocenters. The maximum atomic E-state index is 13.0. The van der Waals surface area contributed by atoms with Gasteiger partial charge in [-0.05, 0) is 24.3 Å². The fourth-order valence-corrected chi connectivity index (χ4v) is 5.94. The summed E-state index contributed by atoms with van der Waals surface area (Å²) in [6.07, 6.45) is 1.82. The standard InChI is InChI=1S/C22H22N6O2S2/c1-13(29)25-14-3-2-4-15(9-14)26-22-24-11-18-20(27-22)16-10-17(32-19(16)12-31-18)21(30)28-7-5-23-6-8-28/h2-4,9-11,23H,5-8,12H2,1H3,(H,25,29)(H,24,26,27). The Labute approximate surface area is 193 Å². The van der Waals surface area contributed by atoms with Gasteiger partial charge in [-0.1, -0.05) is 6.07 Å². The van der Waals surface area contributed by atoms with Crippen molar-refractivity contribution in [3.63, 3.8) is 0 Å². The number of anilines is 3. The number of benzene rings is 1. The molecular formula is C22H22N6O2S2. The van der Waals surface area contributed by atoms with E-state index in [0.29, 0.717) is 11.6 Å². The largest absolute Gasteiger partial charge is 0.335 e. The molecule has 2 amide bonds. The number of carbonyl (C=O) groups is 2. The van der Waals surface area contributed by atoms with E-state index in [1.807, 2.05) is 41.4 Å². The number of amides is 2. The molecule has 8 nitrogen and oxygen atoms in total. The molecule has 0 spiro atoms. The number of rotatable bonds is 4. The molecule has 0 radical (unpaired) electrons. The van der Waals surface area contributed by atoms with Crippen LogP contribution in [0.4, 0.5) is 17.3 Å². The topological polar surface area (TPSA) is 99.2 Å². The quantitative estimate of drug-likeness (QED) is 0.541. The second kappa shape index (κ2) is 8.89. The van der Waals surface area contributed by atoms with E-state index in [-0.39, 0.29) is 11.8 Å². The van der Waals surface area contributed by atoms with E-state index in [1.54, 1.807) is 23.1 Å². The van der Waals surface area contributed by atoms with Crippen LogP contribution in [0, 0.1) is 0 Å². The molecule has 3 N–H and O–H groups in total. The number of nitrogens with one attached hydrogen (secondary N) is 3. The third-order valence-corrected chi connectivity index (χ3v) is 7.58. The van der Waals surface area contributed by atoms with Crippen molar-refractivity contribution in [3.05, 3.63) is 46.3 Å². The van der Waals surface area contributed by atoms with Crippen LogP contribution in [0.3, 0.4) is 0 Å². The van der Waals surface area contributed by atoms with Crippen LogP contribution in [0.1, 0.15) is 21.5 Å². The third kappa shape index (κ3) is 4.34. The molecular weight excluding hydrogens is 444 g/mol. The number of thioether (sulfide) groups is 1. The Kier molecular flexibility index (Phi) is 5.81. The summed E-state index contributed by atoms with van der Waals surface area (Å²) in [6.45, 7) is 4.62. The highest BCUT2D eigenvalue weighted by Gasteiger charge is 2.26. The number of thiophene rings is 1. The SMILES string of the molecule is CC(=O)Nc1cccc(Nc2ncc3c(n2)-c2cc(C(=O)N4CCNCC4)sc2CS3)c1. The Morgan fingerprint density at radius 2 is 1.97 bits per heavy atom. The van der Waals surface area contributed by atoms with Gasteiger partial charge in [-0.25, -0.2) is 9.97 Å². The summed E-state index contributed by atoms with van der Waals surface area (Å²) in [5.41, 5.74) is 3.34. The second-order valence-corrected chi connectivity index (χ2v) is 9.73. The zero-order chi connectivity index (χ0) is 22.1. The highest BCUT2D eigenvalue weighted by molar-refractivity contribution is 7.98. The van der Waals surface area contributed by atoms with Crippen molar-refractivity contribution in [1.29, 1.82) is 0 Å². The molecule has 1 saturated heterocycles. The van der Waals surface area contributed by atoms with Crippen LogP contribution < -0.4 is 16.0 Å². The van der Waals surface area contributed by atoms with Crippen molar-refractivity contribution in [1.82, 2.24) is 20.2 Å². The lowest BCUT2D eigenvalue weighted by molar-refractivity contribution is -0.114. The molecule has 0 bridgehead atoms. The summed E-state index contributed by atoms with van der Waals surface area (Å²) < 4.78 is 0. The number of piperazine rings is 1. The predicted molar refractivity (Wildman–Crippen MR) is 128 cm³/mol. The van der Waals surface area contributed by atoms with Crippen LogP contribution in [0.5, 0.6) is 0 Å². The number of hydrogen-bond donors (Lipinski definition) is 3. The predicted octanol–water partition coefficient (Wildman–Crippen LogP) is 3.56. The molecule has 2 aliphatic rings. The summed E-state index contributed by atoms with van der Waals surface area (Å²) in [5.74, 6) is 1.26. The minimum atomic E-state index is -0.125. The first kappa shape index (κ1) is 20.9. The molecule has 1 aromatic carbocycles. The van der Waals surface area contributed by atoms with Gasteiger partial charge in [0.05, 0.1) is 15.5 Å². The molecule has 2 aliphatic heterocycles. The zero-order valence-corrected chi connectivity index (χ0v) is 19.1. The zero-order valence-electron chi connectivity index (χ0n) is 17.5. The van der Waals surface area contributed by atoms with Crippen LogP contribution in [0.15, 0.2) is 41.4 Å². The first-order valence-electron chi connectivity index (χ1n) is 10.3. The highest BCUT2D eigenvalue weighted by atomic mass is 32.2. The summed E-state index contributed by atoms with van der Waals surface area (Å²) >= 11 is 3.26. The lowest BCUT2D eigenvalue weighted by Gasteiger charge is -2.26. The van der Waals surface area contributed by atoms with Crippen molar-refractivity contribution in [2.24, 2.45) is 0 Å². The summed E-state index contributed by atoms with van der Waals surface area (Å²) in [5, 5.41) is 9.27. The average Bonchev–Trinajstić information content (AvgIpc) is 3.24.